The lowest BCUT2D eigenvalue weighted by atomic mass is 10.1. The zero-order valence-corrected chi connectivity index (χ0v) is 13.6. The van der Waals surface area contributed by atoms with Gasteiger partial charge in [0.1, 0.15) is 5.01 Å². The minimum absolute atomic E-state index is 0.462. The first-order chi connectivity index (χ1) is 10.2. The van der Waals surface area contributed by atoms with Crippen molar-refractivity contribution in [1.82, 2.24) is 14.5 Å². The molecule has 3 aromatic rings. The molecule has 2 heterocycles. The van der Waals surface area contributed by atoms with Gasteiger partial charge in [-0.1, -0.05) is 18.2 Å². The van der Waals surface area contributed by atoms with Crippen LogP contribution in [-0.4, -0.2) is 14.5 Å². The van der Waals surface area contributed by atoms with Crippen molar-refractivity contribution in [2.75, 3.05) is 0 Å². The van der Waals surface area contributed by atoms with Gasteiger partial charge in [0, 0.05) is 23.2 Å². The van der Waals surface area contributed by atoms with Crippen molar-refractivity contribution in [3.63, 3.8) is 0 Å². The number of imidazole rings is 1. The SMILES string of the molecule is Cc1ncn(Cc2cccc(-c3nc(CCl)cs3)c2)c1C. The molecule has 1 aromatic carbocycles. The number of aryl methyl sites for hydroxylation is 1. The zero-order valence-electron chi connectivity index (χ0n) is 12.0. The summed E-state index contributed by atoms with van der Waals surface area (Å²) in [5.41, 5.74) is 5.61. The summed E-state index contributed by atoms with van der Waals surface area (Å²) in [7, 11) is 0. The van der Waals surface area contributed by atoms with E-state index in [2.05, 4.69) is 45.7 Å². The van der Waals surface area contributed by atoms with Crippen LogP contribution in [0.15, 0.2) is 36.0 Å². The van der Waals surface area contributed by atoms with Gasteiger partial charge in [-0.15, -0.1) is 22.9 Å². The normalized spacial score (nSPS) is 11.0. The number of benzene rings is 1. The first-order valence-electron chi connectivity index (χ1n) is 6.75. The minimum Gasteiger partial charge on any atom is -0.330 e. The largest absolute Gasteiger partial charge is 0.330 e. The lowest BCUT2D eigenvalue weighted by molar-refractivity contribution is 0.769. The summed E-state index contributed by atoms with van der Waals surface area (Å²) in [4.78, 5) is 8.88. The molecule has 0 saturated heterocycles. The number of aromatic nitrogens is 3. The van der Waals surface area contributed by atoms with Crippen LogP contribution >= 0.6 is 22.9 Å². The van der Waals surface area contributed by atoms with Crippen molar-refractivity contribution < 1.29 is 0 Å². The molecule has 0 aliphatic carbocycles. The van der Waals surface area contributed by atoms with E-state index in [0.29, 0.717) is 5.88 Å². The average Bonchev–Trinajstić information content (AvgIpc) is 3.10. The van der Waals surface area contributed by atoms with Crippen LogP contribution in [-0.2, 0) is 12.4 Å². The highest BCUT2D eigenvalue weighted by atomic mass is 35.5. The van der Waals surface area contributed by atoms with Gasteiger partial charge in [0.2, 0.25) is 0 Å². The standard InChI is InChI=1S/C16H16ClN3S/c1-11-12(2)20(10-18-11)8-13-4-3-5-14(6-13)16-19-15(7-17)9-21-16/h3-6,9-10H,7-8H2,1-2H3. The Kier molecular flexibility index (Phi) is 4.08. The molecule has 0 bridgehead atoms. The van der Waals surface area contributed by atoms with Gasteiger partial charge in [0.05, 0.1) is 23.6 Å². The van der Waals surface area contributed by atoms with Gasteiger partial charge < -0.3 is 4.57 Å². The molecular weight excluding hydrogens is 302 g/mol. The Morgan fingerprint density at radius 1 is 1.29 bits per heavy atom. The zero-order chi connectivity index (χ0) is 14.8. The molecule has 3 rings (SSSR count). The summed E-state index contributed by atoms with van der Waals surface area (Å²) in [5.74, 6) is 0.462. The Balaban J connectivity index is 1.88. The average molecular weight is 318 g/mol. The van der Waals surface area contributed by atoms with Crippen LogP contribution in [0.5, 0.6) is 0 Å². The number of halogens is 1. The summed E-state index contributed by atoms with van der Waals surface area (Å²) in [6.45, 7) is 4.96. The molecule has 0 spiro atoms. The van der Waals surface area contributed by atoms with Crippen LogP contribution in [0.3, 0.4) is 0 Å². The number of hydrogen-bond acceptors (Lipinski definition) is 3. The summed E-state index contributed by atoms with van der Waals surface area (Å²) < 4.78 is 2.17. The van der Waals surface area contributed by atoms with Crippen molar-refractivity contribution in [1.29, 1.82) is 0 Å². The van der Waals surface area contributed by atoms with Crippen molar-refractivity contribution >= 4 is 22.9 Å². The van der Waals surface area contributed by atoms with Gasteiger partial charge in [0.15, 0.2) is 0 Å². The van der Waals surface area contributed by atoms with E-state index in [1.807, 2.05) is 18.6 Å². The quantitative estimate of drug-likeness (QED) is 0.667. The molecule has 0 radical (unpaired) electrons. The molecule has 0 amide bonds. The van der Waals surface area contributed by atoms with Crippen LogP contribution in [0.25, 0.3) is 10.6 Å². The maximum Gasteiger partial charge on any atom is 0.123 e. The second kappa shape index (κ2) is 6.00. The predicted molar refractivity (Wildman–Crippen MR) is 87.9 cm³/mol. The maximum atomic E-state index is 5.82. The molecule has 2 aromatic heterocycles. The van der Waals surface area contributed by atoms with Crippen molar-refractivity contribution in [2.45, 2.75) is 26.3 Å². The maximum absolute atomic E-state index is 5.82. The van der Waals surface area contributed by atoms with Gasteiger partial charge in [-0.2, -0.15) is 0 Å². The Labute approximate surface area is 133 Å². The highest BCUT2D eigenvalue weighted by molar-refractivity contribution is 7.13. The molecule has 3 nitrogen and oxygen atoms in total. The molecule has 0 atom stereocenters. The Morgan fingerprint density at radius 3 is 2.81 bits per heavy atom. The molecule has 0 N–H and O–H groups in total. The summed E-state index contributed by atoms with van der Waals surface area (Å²) in [5, 5.41) is 3.03. The fraction of sp³-hybridized carbons (Fsp3) is 0.250. The van der Waals surface area contributed by atoms with Crippen molar-refractivity contribution in [3.05, 3.63) is 58.6 Å². The summed E-state index contributed by atoms with van der Waals surface area (Å²) in [6.07, 6.45) is 1.90. The third kappa shape index (κ3) is 3.01. The van der Waals surface area contributed by atoms with Gasteiger partial charge in [-0.3, -0.25) is 0 Å². The number of thiazole rings is 1. The number of alkyl halides is 1. The third-order valence-corrected chi connectivity index (χ3v) is 4.77. The molecule has 108 valence electrons. The molecule has 21 heavy (non-hydrogen) atoms. The lowest BCUT2D eigenvalue weighted by Gasteiger charge is -2.07. The first-order valence-corrected chi connectivity index (χ1v) is 8.17. The van der Waals surface area contributed by atoms with E-state index in [0.717, 1.165) is 28.5 Å². The molecular formula is C16H16ClN3S. The Bertz CT molecular complexity index is 760. The third-order valence-electron chi connectivity index (χ3n) is 3.56. The number of rotatable bonds is 4. The topological polar surface area (TPSA) is 30.7 Å². The first kappa shape index (κ1) is 14.3. The van der Waals surface area contributed by atoms with E-state index in [4.69, 9.17) is 11.6 Å². The number of nitrogens with zero attached hydrogens (tertiary/aromatic N) is 3. The van der Waals surface area contributed by atoms with E-state index in [9.17, 15) is 0 Å². The van der Waals surface area contributed by atoms with Gasteiger partial charge in [-0.25, -0.2) is 9.97 Å². The van der Waals surface area contributed by atoms with Crippen LogP contribution in [0, 0.1) is 13.8 Å². The van der Waals surface area contributed by atoms with E-state index in [1.54, 1.807) is 11.3 Å². The van der Waals surface area contributed by atoms with Crippen LogP contribution < -0.4 is 0 Å². The second-order valence-corrected chi connectivity index (χ2v) is 6.15. The molecule has 0 unspecified atom stereocenters. The van der Waals surface area contributed by atoms with Gasteiger partial charge >= 0.3 is 0 Å². The van der Waals surface area contributed by atoms with Crippen LogP contribution in [0.1, 0.15) is 22.6 Å². The Hall–Kier alpha value is -1.65. The second-order valence-electron chi connectivity index (χ2n) is 5.02. The fourth-order valence-electron chi connectivity index (χ4n) is 2.20. The van der Waals surface area contributed by atoms with Crippen molar-refractivity contribution in [2.24, 2.45) is 0 Å². The van der Waals surface area contributed by atoms with E-state index in [1.165, 1.54) is 11.3 Å². The molecule has 0 fully saturated rings. The molecule has 0 aliphatic rings. The van der Waals surface area contributed by atoms with E-state index < -0.39 is 0 Å². The van der Waals surface area contributed by atoms with Crippen LogP contribution in [0.4, 0.5) is 0 Å². The van der Waals surface area contributed by atoms with Gasteiger partial charge in [0.25, 0.3) is 0 Å². The van der Waals surface area contributed by atoms with Crippen LogP contribution in [0.2, 0.25) is 0 Å². The summed E-state index contributed by atoms with van der Waals surface area (Å²) >= 11 is 7.45. The smallest absolute Gasteiger partial charge is 0.123 e. The fourth-order valence-corrected chi connectivity index (χ4v) is 3.25. The molecule has 0 aliphatic heterocycles. The highest BCUT2D eigenvalue weighted by Gasteiger charge is 2.07. The van der Waals surface area contributed by atoms with Crippen molar-refractivity contribution in [3.8, 4) is 10.6 Å². The highest BCUT2D eigenvalue weighted by Crippen LogP contribution is 2.25. The lowest BCUT2D eigenvalue weighted by Crippen LogP contribution is -2.00. The van der Waals surface area contributed by atoms with Gasteiger partial charge in [-0.05, 0) is 25.5 Å². The Morgan fingerprint density at radius 2 is 2.14 bits per heavy atom. The number of hydrogen-bond donors (Lipinski definition) is 0. The van der Waals surface area contributed by atoms with E-state index in [-0.39, 0.29) is 0 Å². The monoisotopic (exact) mass is 317 g/mol. The minimum atomic E-state index is 0.462. The molecule has 5 heteroatoms. The molecule has 0 saturated carbocycles. The summed E-state index contributed by atoms with van der Waals surface area (Å²) in [6, 6.07) is 8.48. The predicted octanol–water partition coefficient (Wildman–Crippen LogP) is 4.41. The van der Waals surface area contributed by atoms with E-state index >= 15 is 0 Å².